The molecule has 0 saturated heterocycles. The highest BCUT2D eigenvalue weighted by Gasteiger charge is 2.10. The largest absolute Gasteiger partial charge is 0.423 e. The topological polar surface area (TPSA) is 52.8 Å². The maximum Gasteiger partial charge on any atom is 0.345 e. The molecule has 5 nitrogen and oxygen atoms in total. The minimum absolute atomic E-state index is 0.341. The molecule has 0 saturated carbocycles. The number of hydrogen-bond donors (Lipinski definition) is 0. The van der Waals surface area contributed by atoms with Gasteiger partial charge in [0.15, 0.2) is 0 Å². The van der Waals surface area contributed by atoms with E-state index in [1.54, 1.807) is 4.68 Å². The maximum absolute atomic E-state index is 5.71. The second kappa shape index (κ2) is 5.35. The highest BCUT2D eigenvalue weighted by Crippen LogP contribution is 2.22. The Morgan fingerprint density at radius 1 is 1.00 bits per heavy atom. The Balaban J connectivity index is 1.93. The Kier molecular flexibility index (Phi) is 3.41. The summed E-state index contributed by atoms with van der Waals surface area (Å²) in [6, 6.07) is 17.7. The number of benzene rings is 2. The lowest BCUT2D eigenvalue weighted by Gasteiger charge is -2.05. The quantitative estimate of drug-likeness (QED) is 0.671. The van der Waals surface area contributed by atoms with Crippen LogP contribution in [0.2, 0.25) is 0 Å². The fourth-order valence-corrected chi connectivity index (χ4v) is 2.12. The molecule has 0 unspecified atom stereocenters. The zero-order chi connectivity index (χ0) is 13.1. The first-order valence-electron chi connectivity index (χ1n) is 5.60. The molecule has 0 atom stereocenters. The molecule has 6 heteroatoms. The Labute approximate surface area is 123 Å². The van der Waals surface area contributed by atoms with Gasteiger partial charge in [-0.3, -0.25) is 0 Å². The molecule has 0 N–H and O–H groups in total. The summed E-state index contributed by atoms with van der Waals surface area (Å²) in [5.74, 6) is 0.707. The Morgan fingerprint density at radius 2 is 1.84 bits per heavy atom. The Morgan fingerprint density at radius 3 is 2.63 bits per heavy atom. The molecule has 1 aromatic heterocycles. The summed E-state index contributed by atoms with van der Waals surface area (Å²) in [6.45, 7) is 0. The molecule has 0 aliphatic rings. The van der Waals surface area contributed by atoms with Crippen molar-refractivity contribution in [3.05, 3.63) is 58.2 Å². The fourth-order valence-electron chi connectivity index (χ4n) is 1.61. The maximum atomic E-state index is 5.71. The number of ether oxygens (including phenoxy) is 1. The summed E-state index contributed by atoms with van der Waals surface area (Å²) >= 11 is 2.23. The first kappa shape index (κ1) is 12.1. The van der Waals surface area contributed by atoms with E-state index in [-0.39, 0.29) is 0 Å². The Hall–Kier alpha value is -1.96. The molecule has 19 heavy (non-hydrogen) atoms. The van der Waals surface area contributed by atoms with Crippen LogP contribution >= 0.6 is 22.6 Å². The number of tetrazole rings is 1. The number of aromatic nitrogens is 4. The van der Waals surface area contributed by atoms with Crippen LogP contribution < -0.4 is 4.74 Å². The molecule has 3 rings (SSSR count). The van der Waals surface area contributed by atoms with Gasteiger partial charge in [0.05, 0.1) is 5.69 Å². The van der Waals surface area contributed by atoms with Crippen LogP contribution in [0.5, 0.6) is 11.8 Å². The number of nitrogens with zero attached hydrogens (tertiary/aromatic N) is 4. The number of rotatable bonds is 3. The summed E-state index contributed by atoms with van der Waals surface area (Å²) in [5, 5.41) is 11.5. The van der Waals surface area contributed by atoms with Gasteiger partial charge in [0, 0.05) is 3.57 Å². The lowest BCUT2D eigenvalue weighted by atomic mass is 10.3. The zero-order valence-electron chi connectivity index (χ0n) is 9.77. The molecular formula is C13H9IN4O. The molecular weight excluding hydrogens is 355 g/mol. The molecule has 0 bridgehead atoms. The van der Waals surface area contributed by atoms with Crippen LogP contribution in [0.1, 0.15) is 0 Å². The van der Waals surface area contributed by atoms with Crippen LogP contribution in [-0.2, 0) is 0 Å². The van der Waals surface area contributed by atoms with E-state index < -0.39 is 0 Å². The number of para-hydroxylation sites is 1. The van der Waals surface area contributed by atoms with Gasteiger partial charge in [0.25, 0.3) is 0 Å². The second-order valence-corrected chi connectivity index (χ2v) is 5.01. The minimum Gasteiger partial charge on any atom is -0.423 e. The standard InChI is InChI=1S/C13H9IN4O/c14-10-5-4-8-12(9-10)19-13-15-16-17-18(13)11-6-2-1-3-7-11/h1-9H. The average Bonchev–Trinajstić information content (AvgIpc) is 2.88. The van der Waals surface area contributed by atoms with Crippen LogP contribution in [0.25, 0.3) is 5.69 Å². The highest BCUT2D eigenvalue weighted by atomic mass is 127. The zero-order valence-corrected chi connectivity index (χ0v) is 11.9. The van der Waals surface area contributed by atoms with Crippen molar-refractivity contribution in [3.63, 3.8) is 0 Å². The van der Waals surface area contributed by atoms with Crippen molar-refractivity contribution in [2.24, 2.45) is 0 Å². The van der Waals surface area contributed by atoms with E-state index in [0.29, 0.717) is 11.8 Å². The van der Waals surface area contributed by atoms with Gasteiger partial charge >= 0.3 is 6.01 Å². The molecule has 0 aliphatic carbocycles. The lowest BCUT2D eigenvalue weighted by molar-refractivity contribution is 0.427. The third kappa shape index (κ3) is 2.73. The van der Waals surface area contributed by atoms with E-state index in [2.05, 4.69) is 38.1 Å². The first-order chi connectivity index (χ1) is 9.33. The van der Waals surface area contributed by atoms with Crippen LogP contribution in [-0.4, -0.2) is 20.2 Å². The predicted molar refractivity (Wildman–Crippen MR) is 78.4 cm³/mol. The Bertz CT molecular complexity index is 684. The van der Waals surface area contributed by atoms with Gasteiger partial charge < -0.3 is 4.74 Å². The molecule has 1 heterocycles. The van der Waals surface area contributed by atoms with Crippen molar-refractivity contribution in [3.8, 4) is 17.4 Å². The van der Waals surface area contributed by atoms with Crippen molar-refractivity contribution >= 4 is 22.6 Å². The first-order valence-corrected chi connectivity index (χ1v) is 6.68. The molecule has 0 spiro atoms. The van der Waals surface area contributed by atoms with Gasteiger partial charge in [-0.25, -0.2) is 0 Å². The minimum atomic E-state index is 0.341. The molecule has 94 valence electrons. The molecule has 0 amide bonds. The smallest absolute Gasteiger partial charge is 0.345 e. The van der Waals surface area contributed by atoms with E-state index in [1.807, 2.05) is 54.6 Å². The van der Waals surface area contributed by atoms with Gasteiger partial charge in [0.2, 0.25) is 0 Å². The molecule has 0 aliphatic heterocycles. The molecule has 2 aromatic carbocycles. The van der Waals surface area contributed by atoms with Crippen LogP contribution in [0.3, 0.4) is 0 Å². The van der Waals surface area contributed by atoms with Gasteiger partial charge in [-0.1, -0.05) is 29.4 Å². The highest BCUT2D eigenvalue weighted by molar-refractivity contribution is 14.1. The van der Waals surface area contributed by atoms with Crippen LogP contribution in [0.4, 0.5) is 0 Å². The van der Waals surface area contributed by atoms with E-state index >= 15 is 0 Å². The summed E-state index contributed by atoms with van der Waals surface area (Å²) in [5.41, 5.74) is 0.855. The van der Waals surface area contributed by atoms with Crippen molar-refractivity contribution in [1.29, 1.82) is 0 Å². The lowest BCUT2D eigenvalue weighted by Crippen LogP contribution is -2.00. The number of hydrogen-bond acceptors (Lipinski definition) is 4. The van der Waals surface area contributed by atoms with E-state index in [0.717, 1.165) is 9.26 Å². The van der Waals surface area contributed by atoms with Crippen LogP contribution in [0, 0.1) is 3.57 Å². The summed E-state index contributed by atoms with van der Waals surface area (Å²) in [6.07, 6.45) is 0. The van der Waals surface area contributed by atoms with Crippen molar-refractivity contribution in [1.82, 2.24) is 20.2 Å². The summed E-state index contributed by atoms with van der Waals surface area (Å²) < 4.78 is 8.35. The van der Waals surface area contributed by atoms with Crippen LogP contribution in [0.15, 0.2) is 54.6 Å². The van der Waals surface area contributed by atoms with Gasteiger partial charge in [-0.05, 0) is 63.3 Å². The van der Waals surface area contributed by atoms with Gasteiger partial charge in [-0.15, -0.1) is 0 Å². The normalized spacial score (nSPS) is 10.4. The van der Waals surface area contributed by atoms with Crippen molar-refractivity contribution < 1.29 is 4.74 Å². The third-order valence-corrected chi connectivity index (χ3v) is 3.12. The van der Waals surface area contributed by atoms with Crippen molar-refractivity contribution in [2.45, 2.75) is 0 Å². The SMILES string of the molecule is Ic1cccc(Oc2nnnn2-c2ccccc2)c1. The average molecular weight is 364 g/mol. The number of halogens is 1. The van der Waals surface area contributed by atoms with Gasteiger partial charge in [0.1, 0.15) is 5.75 Å². The predicted octanol–water partition coefficient (Wildman–Crippen LogP) is 3.06. The molecule has 0 fully saturated rings. The van der Waals surface area contributed by atoms with E-state index in [4.69, 9.17) is 4.74 Å². The van der Waals surface area contributed by atoms with Gasteiger partial charge in [-0.2, -0.15) is 4.68 Å². The van der Waals surface area contributed by atoms with E-state index in [9.17, 15) is 0 Å². The van der Waals surface area contributed by atoms with E-state index in [1.165, 1.54) is 0 Å². The second-order valence-electron chi connectivity index (χ2n) is 3.77. The monoisotopic (exact) mass is 364 g/mol. The molecule has 3 aromatic rings. The fraction of sp³-hybridized carbons (Fsp3) is 0. The molecule has 0 radical (unpaired) electrons. The van der Waals surface area contributed by atoms with Crippen molar-refractivity contribution in [2.75, 3.05) is 0 Å². The summed E-state index contributed by atoms with van der Waals surface area (Å²) in [7, 11) is 0. The summed E-state index contributed by atoms with van der Waals surface area (Å²) in [4.78, 5) is 0. The third-order valence-electron chi connectivity index (χ3n) is 2.45.